The molecule has 4 heteroatoms. The van der Waals surface area contributed by atoms with E-state index in [2.05, 4.69) is 6.92 Å². The van der Waals surface area contributed by atoms with E-state index >= 15 is 0 Å². The molecule has 118 valence electrons. The van der Waals surface area contributed by atoms with Crippen LogP contribution in [-0.4, -0.2) is 36.5 Å². The second-order valence-electron chi connectivity index (χ2n) is 5.29. The van der Waals surface area contributed by atoms with E-state index in [1.807, 2.05) is 39.0 Å². The fraction of sp³-hybridized carbons (Fsp3) is 0.588. The zero-order chi connectivity index (χ0) is 15.8. The molecule has 0 saturated carbocycles. The summed E-state index contributed by atoms with van der Waals surface area (Å²) in [6.07, 6.45) is 1.69. The van der Waals surface area contributed by atoms with Gasteiger partial charge in [0.2, 0.25) is 0 Å². The lowest BCUT2D eigenvalue weighted by atomic mass is 10.0. The van der Waals surface area contributed by atoms with Crippen molar-refractivity contribution in [2.75, 3.05) is 19.7 Å². The van der Waals surface area contributed by atoms with Gasteiger partial charge in [0.15, 0.2) is 6.61 Å². The van der Waals surface area contributed by atoms with Gasteiger partial charge in [0, 0.05) is 19.1 Å². The Morgan fingerprint density at radius 1 is 1.29 bits per heavy atom. The second kappa shape index (κ2) is 8.67. The predicted molar refractivity (Wildman–Crippen MR) is 86.6 cm³/mol. The molecule has 1 atom stereocenters. The highest BCUT2D eigenvalue weighted by Crippen LogP contribution is 2.25. The predicted octanol–water partition coefficient (Wildman–Crippen LogP) is 2.52. The zero-order valence-corrected chi connectivity index (χ0v) is 13.7. The average Bonchev–Trinajstić information content (AvgIpc) is 2.47. The number of carbonyl (C=O) groups excluding carboxylic acids is 1. The van der Waals surface area contributed by atoms with E-state index in [1.54, 1.807) is 4.90 Å². The van der Waals surface area contributed by atoms with Crippen molar-refractivity contribution in [3.63, 3.8) is 0 Å². The molecule has 0 radical (unpaired) electrons. The van der Waals surface area contributed by atoms with Gasteiger partial charge >= 0.3 is 0 Å². The van der Waals surface area contributed by atoms with Gasteiger partial charge < -0.3 is 15.4 Å². The van der Waals surface area contributed by atoms with Crippen molar-refractivity contribution in [1.82, 2.24) is 4.90 Å². The van der Waals surface area contributed by atoms with Crippen LogP contribution in [0.2, 0.25) is 0 Å². The summed E-state index contributed by atoms with van der Waals surface area (Å²) in [4.78, 5) is 13.8. The molecule has 0 saturated heterocycles. The van der Waals surface area contributed by atoms with Crippen molar-refractivity contribution in [3.05, 3.63) is 29.3 Å². The average molecular weight is 292 g/mol. The lowest BCUT2D eigenvalue weighted by molar-refractivity contribution is -0.132. The van der Waals surface area contributed by atoms with Crippen LogP contribution >= 0.6 is 0 Å². The number of nitrogens with two attached hydrogens (primary N) is 1. The first-order valence-corrected chi connectivity index (χ1v) is 7.78. The van der Waals surface area contributed by atoms with Crippen LogP contribution in [0.25, 0.3) is 0 Å². The van der Waals surface area contributed by atoms with Crippen molar-refractivity contribution in [1.29, 1.82) is 0 Å². The van der Waals surface area contributed by atoms with Crippen LogP contribution in [0, 0.1) is 6.92 Å². The third-order valence-corrected chi connectivity index (χ3v) is 3.76. The highest BCUT2D eigenvalue weighted by Gasteiger charge is 2.14. The van der Waals surface area contributed by atoms with Crippen LogP contribution in [0.5, 0.6) is 5.75 Å². The number of para-hydroxylation sites is 1. The number of benzene rings is 1. The standard InChI is InChI=1S/C17H28N2O2/c1-5-15(18)11-14-10-8-9-13(4)17(14)21-12-16(20)19(6-2)7-3/h8-10,15H,5-7,11-12,18H2,1-4H3. The Labute approximate surface area is 128 Å². The van der Waals surface area contributed by atoms with Gasteiger partial charge in [-0.2, -0.15) is 0 Å². The van der Waals surface area contributed by atoms with E-state index in [-0.39, 0.29) is 18.6 Å². The number of carbonyl (C=O) groups is 1. The maximum Gasteiger partial charge on any atom is 0.260 e. The number of nitrogens with zero attached hydrogens (tertiary/aromatic N) is 1. The van der Waals surface area contributed by atoms with Crippen LogP contribution in [-0.2, 0) is 11.2 Å². The second-order valence-corrected chi connectivity index (χ2v) is 5.29. The smallest absolute Gasteiger partial charge is 0.260 e. The fourth-order valence-electron chi connectivity index (χ4n) is 2.31. The SMILES string of the molecule is CCC(N)Cc1cccc(C)c1OCC(=O)N(CC)CC. The minimum absolute atomic E-state index is 0.0222. The Morgan fingerprint density at radius 2 is 1.95 bits per heavy atom. The molecule has 4 nitrogen and oxygen atoms in total. The summed E-state index contributed by atoms with van der Waals surface area (Å²) in [5, 5.41) is 0. The van der Waals surface area contributed by atoms with Gasteiger partial charge in [0.1, 0.15) is 5.75 Å². The summed E-state index contributed by atoms with van der Waals surface area (Å²) in [7, 11) is 0. The van der Waals surface area contributed by atoms with Crippen molar-refractivity contribution in [2.24, 2.45) is 5.73 Å². The van der Waals surface area contributed by atoms with Crippen LogP contribution in [0.15, 0.2) is 18.2 Å². The van der Waals surface area contributed by atoms with E-state index in [9.17, 15) is 4.79 Å². The van der Waals surface area contributed by atoms with E-state index in [0.717, 1.165) is 29.7 Å². The molecule has 21 heavy (non-hydrogen) atoms. The summed E-state index contributed by atoms with van der Waals surface area (Å²) in [5.41, 5.74) is 8.17. The molecule has 1 rings (SSSR count). The number of rotatable bonds is 8. The Hall–Kier alpha value is -1.55. The molecule has 0 heterocycles. The fourth-order valence-corrected chi connectivity index (χ4v) is 2.31. The quantitative estimate of drug-likeness (QED) is 0.801. The molecule has 0 aliphatic carbocycles. The summed E-state index contributed by atoms with van der Waals surface area (Å²) in [6, 6.07) is 6.15. The van der Waals surface area contributed by atoms with Crippen LogP contribution in [0.1, 0.15) is 38.3 Å². The van der Waals surface area contributed by atoms with Gasteiger partial charge in [-0.05, 0) is 44.7 Å². The van der Waals surface area contributed by atoms with Crippen LogP contribution < -0.4 is 10.5 Å². The Kier molecular flexibility index (Phi) is 7.23. The number of amides is 1. The number of aryl methyl sites for hydroxylation is 1. The molecule has 2 N–H and O–H groups in total. The molecular formula is C17H28N2O2. The van der Waals surface area contributed by atoms with Crippen LogP contribution in [0.4, 0.5) is 0 Å². The van der Waals surface area contributed by atoms with Crippen molar-refractivity contribution < 1.29 is 9.53 Å². The largest absolute Gasteiger partial charge is 0.483 e. The third kappa shape index (κ3) is 5.05. The summed E-state index contributed by atoms with van der Waals surface area (Å²) in [6.45, 7) is 9.52. The molecule has 0 spiro atoms. The first-order chi connectivity index (χ1) is 10.0. The Balaban J connectivity index is 2.80. The van der Waals surface area contributed by atoms with E-state index < -0.39 is 0 Å². The molecular weight excluding hydrogens is 264 g/mol. The number of likely N-dealkylation sites (N-methyl/N-ethyl adjacent to an activating group) is 1. The first kappa shape index (κ1) is 17.5. The number of hydrogen-bond donors (Lipinski definition) is 1. The molecule has 1 aromatic carbocycles. The van der Waals surface area contributed by atoms with Gasteiger partial charge in [0.25, 0.3) is 5.91 Å². The molecule has 0 aromatic heterocycles. The lowest BCUT2D eigenvalue weighted by Gasteiger charge is -2.20. The van der Waals surface area contributed by atoms with Gasteiger partial charge in [0.05, 0.1) is 0 Å². The minimum atomic E-state index is 0.0222. The molecule has 0 aliphatic heterocycles. The molecule has 1 aromatic rings. The lowest BCUT2D eigenvalue weighted by Crippen LogP contribution is -2.34. The van der Waals surface area contributed by atoms with Gasteiger partial charge in [-0.25, -0.2) is 0 Å². The normalized spacial score (nSPS) is 12.0. The molecule has 1 amide bonds. The third-order valence-electron chi connectivity index (χ3n) is 3.76. The summed E-state index contributed by atoms with van der Waals surface area (Å²) in [5.74, 6) is 0.830. The zero-order valence-electron chi connectivity index (χ0n) is 13.7. The maximum atomic E-state index is 12.1. The van der Waals surface area contributed by atoms with Gasteiger partial charge in [-0.3, -0.25) is 4.79 Å². The van der Waals surface area contributed by atoms with E-state index in [1.165, 1.54) is 0 Å². The van der Waals surface area contributed by atoms with E-state index in [0.29, 0.717) is 13.1 Å². The monoisotopic (exact) mass is 292 g/mol. The first-order valence-electron chi connectivity index (χ1n) is 7.78. The van der Waals surface area contributed by atoms with Gasteiger partial charge in [-0.15, -0.1) is 0 Å². The topological polar surface area (TPSA) is 55.6 Å². The van der Waals surface area contributed by atoms with Crippen molar-refractivity contribution in [3.8, 4) is 5.75 Å². The Morgan fingerprint density at radius 3 is 2.52 bits per heavy atom. The summed E-state index contributed by atoms with van der Waals surface area (Å²) >= 11 is 0. The van der Waals surface area contributed by atoms with Crippen molar-refractivity contribution in [2.45, 2.75) is 46.6 Å². The van der Waals surface area contributed by atoms with E-state index in [4.69, 9.17) is 10.5 Å². The molecule has 0 bridgehead atoms. The Bertz CT molecular complexity index is 456. The maximum absolute atomic E-state index is 12.1. The number of hydrogen-bond acceptors (Lipinski definition) is 3. The van der Waals surface area contributed by atoms with Gasteiger partial charge in [-0.1, -0.05) is 25.1 Å². The van der Waals surface area contributed by atoms with Crippen molar-refractivity contribution >= 4 is 5.91 Å². The molecule has 0 fully saturated rings. The molecule has 0 aliphatic rings. The number of ether oxygens (including phenoxy) is 1. The minimum Gasteiger partial charge on any atom is -0.483 e. The highest BCUT2D eigenvalue weighted by atomic mass is 16.5. The van der Waals surface area contributed by atoms with Crippen LogP contribution in [0.3, 0.4) is 0 Å². The molecule has 1 unspecified atom stereocenters. The highest BCUT2D eigenvalue weighted by molar-refractivity contribution is 5.77. The summed E-state index contributed by atoms with van der Waals surface area (Å²) < 4.78 is 5.81.